The first-order valence-electron chi connectivity index (χ1n) is 6.64. The molecule has 4 nitrogen and oxygen atoms in total. The van der Waals surface area contributed by atoms with Crippen molar-refractivity contribution < 1.29 is 12.8 Å². The Morgan fingerprint density at radius 3 is 2.80 bits per heavy atom. The van der Waals surface area contributed by atoms with E-state index in [4.69, 9.17) is 0 Å². The molecule has 0 amide bonds. The minimum Gasteiger partial charge on any atom is -0.315 e. The molecule has 1 aliphatic rings. The normalized spacial score (nSPS) is 19.7. The molecule has 2 rings (SSSR count). The Kier molecular flexibility index (Phi) is 5.17. The van der Waals surface area contributed by atoms with Gasteiger partial charge in [0.25, 0.3) is 0 Å². The fourth-order valence-corrected chi connectivity index (χ4v) is 4.54. The summed E-state index contributed by atoms with van der Waals surface area (Å²) in [5, 5.41) is 3.15. The number of hydrogen-bond acceptors (Lipinski definition) is 3. The summed E-state index contributed by atoms with van der Waals surface area (Å²) < 4.78 is 41.3. The van der Waals surface area contributed by atoms with Crippen LogP contribution < -0.4 is 5.32 Å². The van der Waals surface area contributed by atoms with Gasteiger partial charge in [-0.05, 0) is 37.6 Å². The summed E-state index contributed by atoms with van der Waals surface area (Å²) in [7, 11) is -3.80. The average molecular weight is 365 g/mol. The number of sulfonamides is 1. The van der Waals surface area contributed by atoms with Crippen LogP contribution in [0.25, 0.3) is 0 Å². The maximum atomic E-state index is 14.0. The summed E-state index contributed by atoms with van der Waals surface area (Å²) in [6, 6.07) is 3.96. The van der Waals surface area contributed by atoms with Crippen molar-refractivity contribution in [3.63, 3.8) is 0 Å². The van der Waals surface area contributed by atoms with E-state index in [1.54, 1.807) is 6.07 Å². The zero-order valence-corrected chi connectivity index (χ0v) is 13.7. The van der Waals surface area contributed by atoms with Crippen LogP contribution >= 0.6 is 15.9 Å². The molecule has 20 heavy (non-hydrogen) atoms. The SMILES string of the molecule is CCCN(C1CCNC1)S(=O)(=O)c1ccc(Br)cc1F. The van der Waals surface area contributed by atoms with Crippen molar-refractivity contribution in [1.82, 2.24) is 9.62 Å². The van der Waals surface area contributed by atoms with Crippen molar-refractivity contribution in [2.24, 2.45) is 0 Å². The minimum absolute atomic E-state index is 0.0944. The van der Waals surface area contributed by atoms with Gasteiger partial charge in [-0.3, -0.25) is 0 Å². The van der Waals surface area contributed by atoms with E-state index in [-0.39, 0.29) is 10.9 Å². The fraction of sp³-hybridized carbons (Fsp3) is 0.538. The van der Waals surface area contributed by atoms with Crippen molar-refractivity contribution in [1.29, 1.82) is 0 Å². The molecule has 0 aromatic heterocycles. The topological polar surface area (TPSA) is 49.4 Å². The number of nitrogens with one attached hydrogen (secondary N) is 1. The van der Waals surface area contributed by atoms with Gasteiger partial charge in [0.2, 0.25) is 10.0 Å². The predicted molar refractivity (Wildman–Crippen MR) is 79.6 cm³/mol. The van der Waals surface area contributed by atoms with Gasteiger partial charge in [-0.15, -0.1) is 0 Å². The Morgan fingerprint density at radius 1 is 1.50 bits per heavy atom. The molecule has 0 bridgehead atoms. The van der Waals surface area contributed by atoms with Gasteiger partial charge < -0.3 is 5.32 Å². The minimum atomic E-state index is -3.80. The van der Waals surface area contributed by atoms with E-state index < -0.39 is 15.8 Å². The van der Waals surface area contributed by atoms with Crippen LogP contribution in [0.3, 0.4) is 0 Å². The van der Waals surface area contributed by atoms with Crippen LogP contribution in [0.1, 0.15) is 19.8 Å². The number of nitrogens with zero attached hydrogens (tertiary/aromatic N) is 1. The van der Waals surface area contributed by atoms with E-state index in [1.165, 1.54) is 16.4 Å². The Bertz CT molecular complexity index is 574. The van der Waals surface area contributed by atoms with Gasteiger partial charge in [0.1, 0.15) is 10.7 Å². The summed E-state index contributed by atoms with van der Waals surface area (Å²) >= 11 is 3.14. The van der Waals surface area contributed by atoms with Gasteiger partial charge in [0.05, 0.1) is 0 Å². The molecular formula is C13H18BrFN2O2S. The predicted octanol–water partition coefficient (Wildman–Crippen LogP) is 2.35. The number of benzene rings is 1. The molecule has 1 fully saturated rings. The highest BCUT2D eigenvalue weighted by molar-refractivity contribution is 9.10. The van der Waals surface area contributed by atoms with Gasteiger partial charge >= 0.3 is 0 Å². The summed E-state index contributed by atoms with van der Waals surface area (Å²) in [5.74, 6) is -0.716. The van der Waals surface area contributed by atoms with Crippen molar-refractivity contribution in [2.75, 3.05) is 19.6 Å². The molecule has 0 saturated carbocycles. The highest BCUT2D eigenvalue weighted by Gasteiger charge is 2.34. The number of halogens is 2. The van der Waals surface area contributed by atoms with E-state index in [1.807, 2.05) is 6.92 Å². The van der Waals surface area contributed by atoms with E-state index in [2.05, 4.69) is 21.2 Å². The summed E-state index contributed by atoms with van der Waals surface area (Å²) in [5.41, 5.74) is 0. The Morgan fingerprint density at radius 2 is 2.25 bits per heavy atom. The highest BCUT2D eigenvalue weighted by Crippen LogP contribution is 2.25. The first-order chi connectivity index (χ1) is 9.46. The zero-order valence-electron chi connectivity index (χ0n) is 11.3. The molecule has 0 aliphatic carbocycles. The molecular weight excluding hydrogens is 347 g/mol. The van der Waals surface area contributed by atoms with Crippen LogP contribution in [-0.4, -0.2) is 38.4 Å². The maximum Gasteiger partial charge on any atom is 0.246 e. The Hall–Kier alpha value is -0.500. The third-order valence-corrected chi connectivity index (χ3v) is 5.84. The summed E-state index contributed by atoms with van der Waals surface area (Å²) in [6.45, 7) is 3.74. The van der Waals surface area contributed by atoms with Gasteiger partial charge in [0, 0.05) is 23.6 Å². The van der Waals surface area contributed by atoms with E-state index in [0.717, 1.165) is 13.0 Å². The molecule has 1 unspecified atom stereocenters. The average Bonchev–Trinajstić information content (AvgIpc) is 2.88. The van der Waals surface area contributed by atoms with Crippen LogP contribution in [0.4, 0.5) is 4.39 Å². The lowest BCUT2D eigenvalue weighted by molar-refractivity contribution is 0.333. The van der Waals surface area contributed by atoms with Gasteiger partial charge in [-0.25, -0.2) is 12.8 Å². The van der Waals surface area contributed by atoms with Crippen LogP contribution in [0.2, 0.25) is 0 Å². The molecule has 112 valence electrons. The van der Waals surface area contributed by atoms with Crippen molar-refractivity contribution in [3.8, 4) is 0 Å². The van der Waals surface area contributed by atoms with Gasteiger partial charge in [-0.2, -0.15) is 4.31 Å². The lowest BCUT2D eigenvalue weighted by Gasteiger charge is -2.27. The van der Waals surface area contributed by atoms with E-state index in [9.17, 15) is 12.8 Å². The second-order valence-corrected chi connectivity index (χ2v) is 7.61. The third kappa shape index (κ3) is 3.21. The molecule has 1 aromatic rings. The second-order valence-electron chi connectivity index (χ2n) is 4.84. The molecule has 1 aromatic carbocycles. The second kappa shape index (κ2) is 6.51. The molecule has 0 spiro atoms. The highest BCUT2D eigenvalue weighted by atomic mass is 79.9. The molecule has 1 aliphatic heterocycles. The first-order valence-corrected chi connectivity index (χ1v) is 8.87. The molecule has 1 atom stereocenters. The molecule has 1 saturated heterocycles. The Balaban J connectivity index is 2.39. The molecule has 0 radical (unpaired) electrons. The fourth-order valence-electron chi connectivity index (χ4n) is 2.42. The largest absolute Gasteiger partial charge is 0.315 e. The van der Waals surface area contributed by atoms with Crippen LogP contribution in [-0.2, 0) is 10.0 Å². The van der Waals surface area contributed by atoms with Crippen LogP contribution in [0.5, 0.6) is 0 Å². The van der Waals surface area contributed by atoms with E-state index >= 15 is 0 Å². The van der Waals surface area contributed by atoms with Crippen molar-refractivity contribution >= 4 is 26.0 Å². The summed E-state index contributed by atoms with van der Waals surface area (Å²) in [4.78, 5) is -0.249. The smallest absolute Gasteiger partial charge is 0.246 e. The van der Waals surface area contributed by atoms with E-state index in [0.29, 0.717) is 24.0 Å². The monoisotopic (exact) mass is 364 g/mol. The molecule has 7 heteroatoms. The zero-order chi connectivity index (χ0) is 14.8. The Labute approximate surface area is 127 Å². The first kappa shape index (κ1) is 15.9. The third-order valence-electron chi connectivity index (χ3n) is 3.37. The number of hydrogen-bond donors (Lipinski definition) is 1. The van der Waals surface area contributed by atoms with Crippen LogP contribution in [0, 0.1) is 5.82 Å². The quantitative estimate of drug-likeness (QED) is 0.872. The lowest BCUT2D eigenvalue weighted by Crippen LogP contribution is -2.42. The van der Waals surface area contributed by atoms with Gasteiger partial charge in [-0.1, -0.05) is 22.9 Å². The van der Waals surface area contributed by atoms with Crippen molar-refractivity contribution in [2.45, 2.75) is 30.7 Å². The van der Waals surface area contributed by atoms with Crippen LogP contribution in [0.15, 0.2) is 27.6 Å². The molecule has 1 N–H and O–H groups in total. The van der Waals surface area contributed by atoms with Gasteiger partial charge in [0.15, 0.2) is 0 Å². The molecule has 1 heterocycles. The standard InChI is InChI=1S/C13H18BrFN2O2S/c1-2-7-17(11-5-6-16-9-11)20(18,19)13-4-3-10(14)8-12(13)15/h3-4,8,11,16H,2,5-7,9H2,1H3. The maximum absolute atomic E-state index is 14.0. The van der Waals surface area contributed by atoms with Crippen molar-refractivity contribution in [3.05, 3.63) is 28.5 Å². The summed E-state index contributed by atoms with van der Waals surface area (Å²) in [6.07, 6.45) is 1.46. The lowest BCUT2D eigenvalue weighted by atomic mass is 10.2. The number of rotatable bonds is 5.